The molecule has 2 N–H and O–H groups in total. The summed E-state index contributed by atoms with van der Waals surface area (Å²) in [5, 5.41) is 3.94. The standard InChI is InChI=1S/C13H18N4O/c1-8-13-12(18-16-8)4-3-11(15-13)9-5-10(14)7-17(2)6-9/h3-4,9-10H,5-7,14H2,1-2H3. The molecule has 5 heteroatoms. The summed E-state index contributed by atoms with van der Waals surface area (Å²) in [5.41, 5.74) is 9.64. The highest BCUT2D eigenvalue weighted by Gasteiger charge is 2.25. The molecule has 0 amide bonds. The third-order valence-corrected chi connectivity index (χ3v) is 3.59. The molecule has 18 heavy (non-hydrogen) atoms. The van der Waals surface area contributed by atoms with Crippen molar-refractivity contribution in [3.63, 3.8) is 0 Å². The number of likely N-dealkylation sites (N-methyl/N-ethyl adjacent to an activating group) is 1. The van der Waals surface area contributed by atoms with Gasteiger partial charge in [0, 0.05) is 30.7 Å². The monoisotopic (exact) mass is 246 g/mol. The van der Waals surface area contributed by atoms with Crippen LogP contribution in [0.3, 0.4) is 0 Å². The van der Waals surface area contributed by atoms with Crippen molar-refractivity contribution in [2.24, 2.45) is 5.73 Å². The topological polar surface area (TPSA) is 68.2 Å². The molecule has 5 nitrogen and oxygen atoms in total. The summed E-state index contributed by atoms with van der Waals surface area (Å²) in [5.74, 6) is 0.400. The van der Waals surface area contributed by atoms with E-state index in [4.69, 9.17) is 10.3 Å². The third kappa shape index (κ3) is 2.00. The lowest BCUT2D eigenvalue weighted by molar-refractivity contribution is 0.225. The van der Waals surface area contributed by atoms with Crippen LogP contribution in [0.4, 0.5) is 0 Å². The molecule has 0 spiro atoms. The van der Waals surface area contributed by atoms with E-state index >= 15 is 0 Å². The van der Waals surface area contributed by atoms with Gasteiger partial charge >= 0.3 is 0 Å². The van der Waals surface area contributed by atoms with Gasteiger partial charge in [-0.3, -0.25) is 0 Å². The summed E-state index contributed by atoms with van der Waals surface area (Å²) >= 11 is 0. The molecular weight excluding hydrogens is 228 g/mol. The van der Waals surface area contributed by atoms with Gasteiger partial charge in [0.15, 0.2) is 5.58 Å². The first-order chi connectivity index (χ1) is 8.63. The summed E-state index contributed by atoms with van der Waals surface area (Å²) in [6, 6.07) is 4.22. The minimum absolute atomic E-state index is 0.231. The number of aromatic nitrogens is 2. The molecule has 0 bridgehead atoms. The van der Waals surface area contributed by atoms with E-state index in [1.165, 1.54) is 0 Å². The Kier molecular flexibility index (Phi) is 2.80. The third-order valence-electron chi connectivity index (χ3n) is 3.59. The normalized spacial score (nSPS) is 25.7. The van der Waals surface area contributed by atoms with E-state index in [0.29, 0.717) is 5.92 Å². The van der Waals surface area contributed by atoms with Crippen LogP contribution in [-0.4, -0.2) is 41.2 Å². The van der Waals surface area contributed by atoms with Crippen LogP contribution in [0.15, 0.2) is 16.7 Å². The van der Waals surface area contributed by atoms with E-state index in [2.05, 4.69) is 22.1 Å². The molecule has 1 aliphatic rings. The number of piperidine rings is 1. The first kappa shape index (κ1) is 11.6. The Morgan fingerprint density at radius 3 is 3.00 bits per heavy atom. The predicted octanol–water partition coefficient (Wildman–Crippen LogP) is 1.28. The van der Waals surface area contributed by atoms with Crippen molar-refractivity contribution in [3.8, 4) is 0 Å². The molecule has 0 radical (unpaired) electrons. The Morgan fingerprint density at radius 2 is 2.22 bits per heavy atom. The van der Waals surface area contributed by atoms with Gasteiger partial charge in [-0.25, -0.2) is 4.98 Å². The average Bonchev–Trinajstić information content (AvgIpc) is 2.69. The molecule has 2 unspecified atom stereocenters. The van der Waals surface area contributed by atoms with Gasteiger partial charge in [-0.15, -0.1) is 0 Å². The van der Waals surface area contributed by atoms with E-state index in [1.54, 1.807) is 0 Å². The second kappa shape index (κ2) is 4.33. The minimum Gasteiger partial charge on any atom is -0.354 e. The van der Waals surface area contributed by atoms with Crippen molar-refractivity contribution >= 4 is 11.1 Å². The zero-order chi connectivity index (χ0) is 12.7. The molecule has 1 aliphatic heterocycles. The molecule has 3 rings (SSSR count). The number of nitrogens with two attached hydrogens (primary N) is 1. The summed E-state index contributed by atoms with van der Waals surface area (Å²) in [6.07, 6.45) is 0.993. The molecule has 0 aromatic carbocycles. The minimum atomic E-state index is 0.231. The van der Waals surface area contributed by atoms with Crippen LogP contribution < -0.4 is 5.73 Å². The molecule has 2 atom stereocenters. The van der Waals surface area contributed by atoms with Crippen molar-refractivity contribution in [1.29, 1.82) is 0 Å². The zero-order valence-corrected chi connectivity index (χ0v) is 10.8. The lowest BCUT2D eigenvalue weighted by Crippen LogP contribution is -2.44. The van der Waals surface area contributed by atoms with Gasteiger partial charge in [0.25, 0.3) is 0 Å². The van der Waals surface area contributed by atoms with E-state index in [1.807, 2.05) is 19.1 Å². The molecule has 0 saturated carbocycles. The van der Waals surface area contributed by atoms with Gasteiger partial charge in [-0.05, 0) is 32.5 Å². The van der Waals surface area contributed by atoms with Gasteiger partial charge in [-0.1, -0.05) is 5.16 Å². The number of fused-ring (bicyclic) bond motifs is 1. The lowest BCUT2D eigenvalue weighted by atomic mass is 9.92. The maximum absolute atomic E-state index is 6.08. The number of hydrogen-bond donors (Lipinski definition) is 1. The smallest absolute Gasteiger partial charge is 0.185 e. The first-order valence-corrected chi connectivity index (χ1v) is 6.30. The predicted molar refractivity (Wildman–Crippen MR) is 69.4 cm³/mol. The Morgan fingerprint density at radius 1 is 1.39 bits per heavy atom. The Hall–Kier alpha value is -1.46. The highest BCUT2D eigenvalue weighted by Crippen LogP contribution is 2.26. The fraction of sp³-hybridized carbons (Fsp3) is 0.538. The van der Waals surface area contributed by atoms with Gasteiger partial charge in [-0.2, -0.15) is 0 Å². The maximum Gasteiger partial charge on any atom is 0.185 e. The van der Waals surface area contributed by atoms with Gasteiger partial charge < -0.3 is 15.2 Å². The number of pyridine rings is 1. The maximum atomic E-state index is 6.08. The van der Waals surface area contributed by atoms with Crippen LogP contribution in [-0.2, 0) is 0 Å². The molecule has 1 saturated heterocycles. The summed E-state index contributed by atoms with van der Waals surface area (Å²) in [6.45, 7) is 3.89. The van der Waals surface area contributed by atoms with Crippen LogP contribution in [0, 0.1) is 6.92 Å². The van der Waals surface area contributed by atoms with Crippen molar-refractivity contribution < 1.29 is 4.52 Å². The van der Waals surface area contributed by atoms with Crippen molar-refractivity contribution in [2.75, 3.05) is 20.1 Å². The zero-order valence-electron chi connectivity index (χ0n) is 10.8. The molecule has 1 fully saturated rings. The fourth-order valence-corrected chi connectivity index (χ4v) is 2.76. The Balaban J connectivity index is 1.95. The Bertz CT molecular complexity index is 555. The largest absolute Gasteiger partial charge is 0.354 e. The summed E-state index contributed by atoms with van der Waals surface area (Å²) in [4.78, 5) is 6.96. The number of aryl methyl sites for hydroxylation is 1. The molecule has 96 valence electrons. The van der Waals surface area contributed by atoms with Gasteiger partial charge in [0.05, 0.1) is 0 Å². The quantitative estimate of drug-likeness (QED) is 0.821. The van der Waals surface area contributed by atoms with E-state index in [-0.39, 0.29) is 6.04 Å². The average molecular weight is 246 g/mol. The molecule has 2 aromatic heterocycles. The highest BCUT2D eigenvalue weighted by molar-refractivity contribution is 5.74. The van der Waals surface area contributed by atoms with Gasteiger partial charge in [0.1, 0.15) is 11.2 Å². The second-order valence-electron chi connectivity index (χ2n) is 5.26. The van der Waals surface area contributed by atoms with E-state index in [0.717, 1.165) is 42.0 Å². The fourth-order valence-electron chi connectivity index (χ4n) is 2.76. The van der Waals surface area contributed by atoms with Crippen molar-refractivity contribution in [2.45, 2.75) is 25.3 Å². The van der Waals surface area contributed by atoms with Crippen molar-refractivity contribution in [3.05, 3.63) is 23.5 Å². The van der Waals surface area contributed by atoms with Crippen LogP contribution in [0.2, 0.25) is 0 Å². The first-order valence-electron chi connectivity index (χ1n) is 6.30. The number of rotatable bonds is 1. The number of nitrogens with zero attached hydrogens (tertiary/aromatic N) is 3. The molecule has 2 aromatic rings. The Labute approximate surface area is 106 Å². The van der Waals surface area contributed by atoms with E-state index < -0.39 is 0 Å². The van der Waals surface area contributed by atoms with Crippen LogP contribution in [0.5, 0.6) is 0 Å². The number of hydrogen-bond acceptors (Lipinski definition) is 5. The van der Waals surface area contributed by atoms with E-state index in [9.17, 15) is 0 Å². The van der Waals surface area contributed by atoms with Crippen LogP contribution in [0.1, 0.15) is 23.7 Å². The molecular formula is C13H18N4O. The van der Waals surface area contributed by atoms with Crippen LogP contribution in [0.25, 0.3) is 11.1 Å². The molecule has 3 heterocycles. The van der Waals surface area contributed by atoms with Crippen LogP contribution >= 0.6 is 0 Å². The van der Waals surface area contributed by atoms with Gasteiger partial charge in [0.2, 0.25) is 0 Å². The highest BCUT2D eigenvalue weighted by atomic mass is 16.5. The summed E-state index contributed by atoms with van der Waals surface area (Å²) < 4.78 is 5.19. The SMILES string of the molecule is Cc1noc2ccc(C3CC(N)CN(C)C3)nc12. The summed E-state index contributed by atoms with van der Waals surface area (Å²) in [7, 11) is 2.11. The van der Waals surface area contributed by atoms with Crippen molar-refractivity contribution in [1.82, 2.24) is 15.0 Å². The lowest BCUT2D eigenvalue weighted by Gasteiger charge is -2.33. The molecule has 0 aliphatic carbocycles. The number of likely N-dealkylation sites (tertiary alicyclic amines) is 1. The second-order valence-corrected chi connectivity index (χ2v) is 5.26.